The van der Waals surface area contributed by atoms with Crippen LogP contribution in [0.25, 0.3) is 0 Å². The fourth-order valence-corrected chi connectivity index (χ4v) is 2.38. The molecule has 0 atom stereocenters. The van der Waals surface area contributed by atoms with E-state index in [0.29, 0.717) is 11.1 Å². The molecule has 0 unspecified atom stereocenters. The third-order valence-electron chi connectivity index (χ3n) is 2.75. The van der Waals surface area contributed by atoms with Crippen molar-refractivity contribution in [1.82, 2.24) is 0 Å². The molecule has 0 fully saturated rings. The zero-order valence-corrected chi connectivity index (χ0v) is 15.8. The summed E-state index contributed by atoms with van der Waals surface area (Å²) < 4.78 is 0. The van der Waals surface area contributed by atoms with E-state index in [2.05, 4.69) is 0 Å². The lowest BCUT2D eigenvalue weighted by molar-refractivity contribution is 0.107. The van der Waals surface area contributed by atoms with Crippen molar-refractivity contribution in [3.63, 3.8) is 0 Å². The van der Waals surface area contributed by atoms with E-state index >= 15 is 0 Å². The predicted octanol–water partition coefficient (Wildman–Crippen LogP) is 5.54. The first kappa shape index (κ1) is 21.6. The lowest BCUT2D eigenvalue weighted by Gasteiger charge is -1.99. The highest BCUT2D eigenvalue weighted by molar-refractivity contribution is 6.69. The standard InChI is InChI=1S/C8H3Cl3O2.C8H4Cl2O2/c9-6-3-4(7(10)12)1-2-5(6)8(11)13;9-7(11)5-1-2-6(4-3-5)8(10)12/h1-3H;1-4H. The van der Waals surface area contributed by atoms with Crippen molar-refractivity contribution in [3.05, 3.63) is 69.7 Å². The van der Waals surface area contributed by atoms with Crippen LogP contribution in [-0.4, -0.2) is 21.0 Å². The summed E-state index contributed by atoms with van der Waals surface area (Å²) in [6.07, 6.45) is 0. The number of benzene rings is 2. The van der Waals surface area contributed by atoms with Crippen LogP contribution in [0.2, 0.25) is 5.02 Å². The lowest BCUT2D eigenvalue weighted by atomic mass is 10.1. The van der Waals surface area contributed by atoms with Gasteiger partial charge < -0.3 is 0 Å². The van der Waals surface area contributed by atoms with Crippen LogP contribution in [0, 0.1) is 0 Å². The van der Waals surface area contributed by atoms with Crippen LogP contribution in [0.1, 0.15) is 41.4 Å². The Kier molecular flexibility index (Phi) is 8.56. The second-order valence-electron chi connectivity index (χ2n) is 4.37. The molecule has 4 nitrogen and oxygen atoms in total. The molecule has 0 bridgehead atoms. The van der Waals surface area contributed by atoms with Crippen molar-refractivity contribution < 1.29 is 19.2 Å². The van der Waals surface area contributed by atoms with Gasteiger partial charge in [-0.1, -0.05) is 11.6 Å². The third-order valence-corrected chi connectivity index (χ3v) is 3.92. The van der Waals surface area contributed by atoms with Crippen molar-refractivity contribution in [2.24, 2.45) is 0 Å². The molecule has 2 rings (SSSR count). The summed E-state index contributed by atoms with van der Waals surface area (Å²) in [7, 11) is 0. The van der Waals surface area contributed by atoms with Crippen molar-refractivity contribution in [1.29, 1.82) is 0 Å². The summed E-state index contributed by atoms with van der Waals surface area (Å²) in [5.74, 6) is 0. The van der Waals surface area contributed by atoms with Gasteiger partial charge in [-0.05, 0) is 88.9 Å². The Labute approximate surface area is 167 Å². The van der Waals surface area contributed by atoms with Gasteiger partial charge in [-0.15, -0.1) is 0 Å². The second-order valence-corrected chi connectivity index (χ2v) is 6.15. The zero-order valence-electron chi connectivity index (χ0n) is 12.1. The second kappa shape index (κ2) is 9.90. The topological polar surface area (TPSA) is 68.3 Å². The lowest BCUT2D eigenvalue weighted by Crippen LogP contribution is -1.94. The van der Waals surface area contributed by atoms with E-state index in [1.807, 2.05) is 0 Å². The number of rotatable bonds is 4. The van der Waals surface area contributed by atoms with E-state index in [4.69, 9.17) is 58.0 Å². The van der Waals surface area contributed by atoms with Gasteiger partial charge in [-0.25, -0.2) is 0 Å². The molecule has 0 amide bonds. The van der Waals surface area contributed by atoms with Crippen molar-refractivity contribution in [3.8, 4) is 0 Å². The van der Waals surface area contributed by atoms with Gasteiger partial charge in [0.25, 0.3) is 21.0 Å². The summed E-state index contributed by atoms with van der Waals surface area (Å²) in [6.45, 7) is 0. The molecule has 0 saturated carbocycles. The van der Waals surface area contributed by atoms with Gasteiger partial charge in [0, 0.05) is 16.7 Å². The number of hydrogen-bond acceptors (Lipinski definition) is 4. The first-order valence-electron chi connectivity index (χ1n) is 6.32. The monoisotopic (exact) mass is 438 g/mol. The normalized spacial score (nSPS) is 9.64. The van der Waals surface area contributed by atoms with Gasteiger partial charge in [-0.2, -0.15) is 0 Å². The molecule has 0 aliphatic carbocycles. The first-order valence-corrected chi connectivity index (χ1v) is 8.21. The Hall–Kier alpha value is -1.43. The molecular formula is C16H7Cl5O4. The Balaban J connectivity index is 0.000000251. The minimum Gasteiger partial charge on any atom is -0.276 e. The van der Waals surface area contributed by atoms with Gasteiger partial charge in [0.1, 0.15) is 0 Å². The fourth-order valence-electron chi connectivity index (χ4n) is 1.53. The molecular weight excluding hydrogens is 433 g/mol. The molecule has 0 N–H and O–H groups in total. The van der Waals surface area contributed by atoms with E-state index in [1.165, 1.54) is 42.5 Å². The maximum Gasteiger partial charge on any atom is 0.253 e. The van der Waals surface area contributed by atoms with Gasteiger partial charge in [0.15, 0.2) is 0 Å². The largest absolute Gasteiger partial charge is 0.276 e. The highest BCUT2D eigenvalue weighted by Gasteiger charge is 2.10. The number of carbonyl (C=O) groups excluding carboxylic acids is 4. The van der Waals surface area contributed by atoms with Gasteiger partial charge in [0.2, 0.25) is 0 Å². The summed E-state index contributed by atoms with van der Waals surface area (Å²) in [6, 6.07) is 9.84. The molecule has 0 spiro atoms. The zero-order chi connectivity index (χ0) is 19.1. The Morgan fingerprint density at radius 3 is 1.20 bits per heavy atom. The molecule has 0 aliphatic rings. The van der Waals surface area contributed by atoms with E-state index < -0.39 is 21.0 Å². The van der Waals surface area contributed by atoms with Crippen LogP contribution < -0.4 is 0 Å². The van der Waals surface area contributed by atoms with Crippen LogP contribution in [0.15, 0.2) is 42.5 Å². The van der Waals surface area contributed by atoms with Crippen LogP contribution >= 0.6 is 58.0 Å². The van der Waals surface area contributed by atoms with Crippen LogP contribution in [-0.2, 0) is 0 Å². The third kappa shape index (κ3) is 6.77. The minimum absolute atomic E-state index is 0.117. The molecule has 0 saturated heterocycles. The SMILES string of the molecule is O=C(Cl)c1ccc(C(=O)Cl)c(Cl)c1.O=C(Cl)c1ccc(C(=O)Cl)cc1. The summed E-state index contributed by atoms with van der Waals surface area (Å²) in [5.41, 5.74) is 1.08. The van der Waals surface area contributed by atoms with Crippen molar-refractivity contribution in [2.45, 2.75) is 0 Å². The number of carbonyl (C=O) groups is 4. The Morgan fingerprint density at radius 2 is 0.920 bits per heavy atom. The Bertz CT molecular complexity index is 798. The van der Waals surface area contributed by atoms with Crippen LogP contribution in [0.5, 0.6) is 0 Å². The molecule has 25 heavy (non-hydrogen) atoms. The van der Waals surface area contributed by atoms with Crippen molar-refractivity contribution in [2.75, 3.05) is 0 Å². The maximum absolute atomic E-state index is 10.7. The van der Waals surface area contributed by atoms with E-state index in [-0.39, 0.29) is 16.1 Å². The Morgan fingerprint density at radius 1 is 0.560 bits per heavy atom. The summed E-state index contributed by atoms with van der Waals surface area (Å²) >= 11 is 26.4. The summed E-state index contributed by atoms with van der Waals surface area (Å²) in [5, 5.41) is -2.28. The van der Waals surface area contributed by atoms with Gasteiger partial charge in [0.05, 0.1) is 10.6 Å². The maximum atomic E-state index is 10.7. The average Bonchev–Trinajstić information content (AvgIpc) is 2.54. The highest BCUT2D eigenvalue weighted by atomic mass is 35.5. The first-order chi connectivity index (χ1) is 11.6. The fraction of sp³-hybridized carbons (Fsp3) is 0. The summed E-state index contributed by atoms with van der Waals surface area (Å²) in [4.78, 5) is 42.5. The van der Waals surface area contributed by atoms with Crippen LogP contribution in [0.4, 0.5) is 0 Å². The van der Waals surface area contributed by atoms with E-state index in [9.17, 15) is 19.2 Å². The quantitative estimate of drug-likeness (QED) is 0.585. The van der Waals surface area contributed by atoms with E-state index in [1.54, 1.807) is 0 Å². The molecule has 0 aliphatic heterocycles. The minimum atomic E-state index is -0.668. The van der Waals surface area contributed by atoms with Gasteiger partial charge in [-0.3, -0.25) is 19.2 Å². The molecule has 9 heteroatoms. The van der Waals surface area contributed by atoms with Crippen LogP contribution in [0.3, 0.4) is 0 Å². The molecule has 130 valence electrons. The average molecular weight is 440 g/mol. The molecule has 2 aromatic rings. The van der Waals surface area contributed by atoms with E-state index in [0.717, 1.165) is 0 Å². The molecule has 0 radical (unpaired) electrons. The van der Waals surface area contributed by atoms with Crippen molar-refractivity contribution >= 4 is 79.0 Å². The number of hydrogen-bond donors (Lipinski definition) is 0. The predicted molar refractivity (Wildman–Crippen MR) is 98.6 cm³/mol. The molecule has 2 aromatic carbocycles. The highest BCUT2D eigenvalue weighted by Crippen LogP contribution is 2.20. The molecule has 0 aromatic heterocycles. The molecule has 0 heterocycles. The smallest absolute Gasteiger partial charge is 0.253 e. The number of halogens is 5. The van der Waals surface area contributed by atoms with Gasteiger partial charge >= 0.3 is 0 Å².